The molecule has 2 aliphatic rings. The van der Waals surface area contributed by atoms with Gasteiger partial charge in [0.05, 0.1) is 31.5 Å². The molecule has 1 saturated heterocycles. The average Bonchev–Trinajstić information content (AvgIpc) is 3.57. The Morgan fingerprint density at radius 1 is 1.08 bits per heavy atom. The summed E-state index contributed by atoms with van der Waals surface area (Å²) in [4.78, 5) is 27.5. The van der Waals surface area contributed by atoms with Crippen LogP contribution in [0.15, 0.2) is 24.3 Å². The van der Waals surface area contributed by atoms with Gasteiger partial charge in [0.25, 0.3) is 5.91 Å². The number of primary amides is 1. The first-order valence-electron chi connectivity index (χ1n) is 13.1. The van der Waals surface area contributed by atoms with Gasteiger partial charge in [0.2, 0.25) is 5.91 Å². The van der Waals surface area contributed by atoms with Gasteiger partial charge in [0.15, 0.2) is 5.69 Å². The highest BCUT2D eigenvalue weighted by atomic mass is 16.5. The second kappa shape index (κ2) is 12.3. The number of aromatic nitrogens is 2. The van der Waals surface area contributed by atoms with Gasteiger partial charge in [-0.15, -0.1) is 0 Å². The Labute approximate surface area is 213 Å². The van der Waals surface area contributed by atoms with E-state index in [-0.39, 0.29) is 24.4 Å². The lowest BCUT2D eigenvalue weighted by Gasteiger charge is -2.28. The van der Waals surface area contributed by atoms with Gasteiger partial charge in [0.1, 0.15) is 11.5 Å². The zero-order valence-electron chi connectivity index (χ0n) is 21.5. The van der Waals surface area contributed by atoms with E-state index in [1.54, 1.807) is 20.3 Å². The Morgan fingerprint density at radius 3 is 2.36 bits per heavy atom. The van der Waals surface area contributed by atoms with Crippen LogP contribution in [0.4, 0.5) is 0 Å². The molecule has 1 aliphatic heterocycles. The zero-order chi connectivity index (χ0) is 25.5. The van der Waals surface area contributed by atoms with E-state index in [0.717, 1.165) is 56.6 Å². The molecule has 1 aromatic carbocycles. The summed E-state index contributed by atoms with van der Waals surface area (Å²) >= 11 is 0. The largest absolute Gasteiger partial charge is 0.496 e. The van der Waals surface area contributed by atoms with Crippen molar-refractivity contribution < 1.29 is 19.1 Å². The van der Waals surface area contributed by atoms with Crippen LogP contribution in [-0.4, -0.2) is 66.4 Å². The van der Waals surface area contributed by atoms with Crippen LogP contribution < -0.4 is 20.5 Å². The minimum Gasteiger partial charge on any atom is -0.496 e. The molecule has 0 spiro atoms. The maximum absolute atomic E-state index is 13.4. The first-order chi connectivity index (χ1) is 17.5. The first kappa shape index (κ1) is 26.0. The maximum atomic E-state index is 13.4. The van der Waals surface area contributed by atoms with Crippen LogP contribution in [0.3, 0.4) is 0 Å². The summed E-state index contributed by atoms with van der Waals surface area (Å²) < 4.78 is 13.3. The fourth-order valence-corrected chi connectivity index (χ4v) is 5.47. The molecule has 1 atom stereocenters. The number of piperidine rings is 1. The molecule has 2 aromatic rings. The number of amides is 2. The molecule has 2 heterocycles. The number of benzene rings is 1. The van der Waals surface area contributed by atoms with Crippen LogP contribution in [0.25, 0.3) is 11.3 Å². The van der Waals surface area contributed by atoms with Crippen LogP contribution in [-0.2, 0) is 4.79 Å². The number of methoxy groups -OCH3 is 2. The molecule has 1 saturated carbocycles. The summed E-state index contributed by atoms with van der Waals surface area (Å²) in [6, 6.07) is 7.32. The van der Waals surface area contributed by atoms with Gasteiger partial charge >= 0.3 is 0 Å². The fraction of sp³-hybridized carbons (Fsp3) is 0.593. The number of hydrogen-bond acceptors (Lipinski definition) is 6. The van der Waals surface area contributed by atoms with Gasteiger partial charge in [-0.05, 0) is 63.4 Å². The zero-order valence-corrected chi connectivity index (χ0v) is 21.5. The van der Waals surface area contributed by atoms with Crippen molar-refractivity contribution in [3.63, 3.8) is 0 Å². The number of nitrogens with zero attached hydrogens (tertiary/aromatic N) is 3. The van der Waals surface area contributed by atoms with E-state index in [1.807, 2.05) is 22.9 Å². The molecule has 0 radical (unpaired) electrons. The van der Waals surface area contributed by atoms with Gasteiger partial charge < -0.3 is 25.4 Å². The van der Waals surface area contributed by atoms with E-state index in [2.05, 4.69) is 10.2 Å². The molecule has 196 valence electrons. The summed E-state index contributed by atoms with van der Waals surface area (Å²) in [5, 5.41) is 7.81. The van der Waals surface area contributed by atoms with Crippen molar-refractivity contribution >= 4 is 11.8 Å². The summed E-state index contributed by atoms with van der Waals surface area (Å²) in [7, 11) is 3.25. The molecule has 3 N–H and O–H groups in total. The number of hydrogen-bond donors (Lipinski definition) is 2. The SMILES string of the molecule is COc1cccc(OC)c1-c1cc(C(=O)NC(CCN2CCCCC2)CC(N)=O)nn1C1CCCC1. The Hall–Kier alpha value is -3.07. The van der Waals surface area contributed by atoms with E-state index in [9.17, 15) is 9.59 Å². The summed E-state index contributed by atoms with van der Waals surface area (Å²) in [6.07, 6.45) is 8.71. The highest BCUT2D eigenvalue weighted by molar-refractivity contribution is 5.94. The molecular formula is C27H39N5O4. The summed E-state index contributed by atoms with van der Waals surface area (Å²) in [5.74, 6) is 0.601. The third-order valence-corrected chi connectivity index (χ3v) is 7.35. The third kappa shape index (κ3) is 6.19. The maximum Gasteiger partial charge on any atom is 0.272 e. The molecule has 2 fully saturated rings. The average molecular weight is 498 g/mol. The number of likely N-dealkylation sites (tertiary alicyclic amines) is 1. The van der Waals surface area contributed by atoms with Gasteiger partial charge in [0, 0.05) is 19.0 Å². The van der Waals surface area contributed by atoms with Crippen molar-refractivity contribution in [3.05, 3.63) is 30.0 Å². The number of carbonyl (C=O) groups is 2. The molecule has 1 aromatic heterocycles. The highest BCUT2D eigenvalue weighted by Crippen LogP contribution is 2.41. The van der Waals surface area contributed by atoms with E-state index in [0.29, 0.717) is 23.6 Å². The highest BCUT2D eigenvalue weighted by Gasteiger charge is 2.28. The van der Waals surface area contributed by atoms with E-state index >= 15 is 0 Å². The van der Waals surface area contributed by atoms with Crippen molar-refractivity contribution in [1.29, 1.82) is 0 Å². The van der Waals surface area contributed by atoms with Crippen LogP contribution >= 0.6 is 0 Å². The van der Waals surface area contributed by atoms with Crippen molar-refractivity contribution in [1.82, 2.24) is 20.0 Å². The smallest absolute Gasteiger partial charge is 0.272 e. The minimum absolute atomic E-state index is 0.107. The number of rotatable bonds is 11. The number of nitrogens with one attached hydrogen (secondary N) is 1. The minimum atomic E-state index is -0.421. The third-order valence-electron chi connectivity index (χ3n) is 7.35. The normalized spacial score (nSPS) is 17.6. The molecule has 4 rings (SSSR count). The van der Waals surface area contributed by atoms with Crippen molar-refractivity contribution in [2.45, 2.75) is 69.9 Å². The van der Waals surface area contributed by atoms with Gasteiger partial charge in [-0.25, -0.2) is 0 Å². The van der Waals surface area contributed by atoms with Crippen LogP contribution in [0.1, 0.15) is 74.3 Å². The lowest BCUT2D eigenvalue weighted by Crippen LogP contribution is -2.41. The van der Waals surface area contributed by atoms with E-state index < -0.39 is 5.91 Å². The Morgan fingerprint density at radius 2 is 1.75 bits per heavy atom. The Balaban J connectivity index is 1.60. The molecule has 9 nitrogen and oxygen atoms in total. The van der Waals surface area contributed by atoms with E-state index in [1.165, 1.54) is 19.3 Å². The van der Waals surface area contributed by atoms with Gasteiger partial charge in [-0.1, -0.05) is 25.3 Å². The standard InChI is InChI=1S/C27H39N5O4/c1-35-23-11-8-12-24(36-2)26(23)22-18-21(30-32(22)20-9-4-5-10-20)27(34)29-19(17-25(28)33)13-16-31-14-6-3-7-15-31/h8,11-12,18-20H,3-7,9-10,13-17H2,1-2H3,(H2,28,33)(H,29,34). The summed E-state index contributed by atoms with van der Waals surface area (Å²) in [5.41, 5.74) is 7.40. The lowest BCUT2D eigenvalue weighted by molar-refractivity contribution is -0.118. The van der Waals surface area contributed by atoms with Crippen molar-refractivity contribution in [2.75, 3.05) is 33.9 Å². The predicted octanol–water partition coefficient (Wildman–Crippen LogP) is 3.53. The molecule has 9 heteroatoms. The van der Waals surface area contributed by atoms with Crippen LogP contribution in [0.5, 0.6) is 11.5 Å². The second-order valence-corrected chi connectivity index (χ2v) is 9.87. The molecule has 36 heavy (non-hydrogen) atoms. The summed E-state index contributed by atoms with van der Waals surface area (Å²) in [6.45, 7) is 2.96. The Kier molecular flexibility index (Phi) is 8.85. The quantitative estimate of drug-likeness (QED) is 0.491. The van der Waals surface area contributed by atoms with Crippen LogP contribution in [0.2, 0.25) is 0 Å². The number of nitrogens with two attached hydrogens (primary N) is 1. The molecule has 1 unspecified atom stereocenters. The van der Waals surface area contributed by atoms with Gasteiger partial charge in [-0.3, -0.25) is 14.3 Å². The molecular weight excluding hydrogens is 458 g/mol. The topological polar surface area (TPSA) is 112 Å². The first-order valence-corrected chi connectivity index (χ1v) is 13.1. The Bertz CT molecular complexity index is 1020. The monoisotopic (exact) mass is 497 g/mol. The van der Waals surface area contributed by atoms with E-state index in [4.69, 9.17) is 20.3 Å². The molecule has 2 amide bonds. The predicted molar refractivity (Wildman–Crippen MR) is 138 cm³/mol. The van der Waals surface area contributed by atoms with Crippen molar-refractivity contribution in [2.24, 2.45) is 5.73 Å². The molecule has 0 bridgehead atoms. The number of ether oxygens (including phenoxy) is 2. The number of carbonyl (C=O) groups excluding carboxylic acids is 2. The fourth-order valence-electron chi connectivity index (χ4n) is 5.47. The van der Waals surface area contributed by atoms with Crippen molar-refractivity contribution in [3.8, 4) is 22.8 Å². The molecule has 1 aliphatic carbocycles. The second-order valence-electron chi connectivity index (χ2n) is 9.87. The lowest BCUT2D eigenvalue weighted by atomic mass is 10.1. The van der Waals surface area contributed by atoms with Gasteiger partial charge in [-0.2, -0.15) is 5.10 Å². The van der Waals surface area contributed by atoms with Crippen LogP contribution in [0, 0.1) is 0 Å².